The Kier molecular flexibility index (Phi) is 10.2. The second-order valence-corrected chi connectivity index (χ2v) is 12.7. The van der Waals surface area contributed by atoms with Crippen molar-refractivity contribution in [2.45, 2.75) is 37.3 Å². The molecule has 1 aliphatic rings. The average Bonchev–Trinajstić information content (AvgIpc) is 3.59. The van der Waals surface area contributed by atoms with Crippen LogP contribution in [-0.4, -0.2) is 38.6 Å². The highest BCUT2D eigenvalue weighted by molar-refractivity contribution is 8.18. The molecular formula is C28H28FN3O6S3. The van der Waals surface area contributed by atoms with E-state index < -0.39 is 28.2 Å². The second-order valence-electron chi connectivity index (χ2n) is 8.80. The van der Waals surface area contributed by atoms with Gasteiger partial charge in [-0.05, 0) is 77.5 Å². The largest absolute Gasteiger partial charge is 0.490 e. The zero-order valence-corrected chi connectivity index (χ0v) is 24.8. The summed E-state index contributed by atoms with van der Waals surface area (Å²) in [6, 6.07) is 12.3. The third kappa shape index (κ3) is 8.18. The minimum Gasteiger partial charge on any atom is -0.490 e. The molecule has 41 heavy (non-hydrogen) atoms. The molecule has 0 aliphatic carbocycles. The number of aliphatic imine (C=N–C) groups is 1. The molecule has 0 spiro atoms. The normalized spacial score (nSPS) is 15.2. The van der Waals surface area contributed by atoms with Crippen molar-refractivity contribution in [3.63, 3.8) is 0 Å². The van der Waals surface area contributed by atoms with Crippen LogP contribution in [0.3, 0.4) is 0 Å². The van der Waals surface area contributed by atoms with Crippen molar-refractivity contribution < 1.29 is 31.9 Å². The highest BCUT2D eigenvalue weighted by atomic mass is 32.2. The quantitative estimate of drug-likeness (QED) is 0.261. The molecule has 3 aromatic rings. The number of hydrogen-bond acceptors (Lipinski definition) is 9. The van der Waals surface area contributed by atoms with Crippen molar-refractivity contribution >= 4 is 61.9 Å². The fourth-order valence-corrected chi connectivity index (χ4v) is 6.41. The fraction of sp³-hybridized carbons (Fsp3) is 0.250. The SMILES string of the molecule is CCCOc1ccc(C=C2SC(=Nc3ccc(CC(=O)NS(=O)(=O)c4cccs4)c(F)c3)NC2=O)cc1OCCC. The number of halogens is 1. The van der Waals surface area contributed by atoms with Gasteiger partial charge in [0.15, 0.2) is 16.7 Å². The molecular weight excluding hydrogens is 590 g/mol. The number of amidine groups is 1. The van der Waals surface area contributed by atoms with Crippen molar-refractivity contribution in [2.24, 2.45) is 4.99 Å². The maximum absolute atomic E-state index is 14.7. The zero-order chi connectivity index (χ0) is 29.4. The van der Waals surface area contributed by atoms with Gasteiger partial charge in [0.25, 0.3) is 15.9 Å². The van der Waals surface area contributed by atoms with Crippen molar-refractivity contribution in [1.82, 2.24) is 10.0 Å². The first kappa shape index (κ1) is 30.3. The number of thiophene rings is 1. The molecule has 13 heteroatoms. The first-order valence-electron chi connectivity index (χ1n) is 12.7. The highest BCUT2D eigenvalue weighted by Crippen LogP contribution is 2.33. The van der Waals surface area contributed by atoms with E-state index >= 15 is 0 Å². The summed E-state index contributed by atoms with van der Waals surface area (Å²) < 4.78 is 52.7. The van der Waals surface area contributed by atoms with Crippen molar-refractivity contribution in [1.29, 1.82) is 0 Å². The number of ether oxygens (including phenoxy) is 2. The third-order valence-corrected chi connectivity index (χ3v) is 9.15. The Bertz CT molecular complexity index is 1590. The lowest BCUT2D eigenvalue weighted by molar-refractivity contribution is -0.118. The number of amides is 2. The molecule has 1 saturated heterocycles. The maximum Gasteiger partial charge on any atom is 0.273 e. The van der Waals surface area contributed by atoms with E-state index in [1.807, 2.05) is 36.8 Å². The molecule has 216 valence electrons. The van der Waals surface area contributed by atoms with E-state index in [0.717, 1.165) is 47.6 Å². The number of rotatable bonds is 12. The van der Waals surface area contributed by atoms with Gasteiger partial charge in [0.1, 0.15) is 10.0 Å². The average molecular weight is 618 g/mol. The Labute approximate surface area is 245 Å². The lowest BCUT2D eigenvalue weighted by Crippen LogP contribution is -2.31. The number of sulfonamides is 1. The first-order valence-corrected chi connectivity index (χ1v) is 15.9. The lowest BCUT2D eigenvalue weighted by Gasteiger charge is -2.12. The van der Waals surface area contributed by atoms with Gasteiger partial charge in [-0.2, -0.15) is 0 Å². The lowest BCUT2D eigenvalue weighted by atomic mass is 10.1. The molecule has 0 radical (unpaired) electrons. The molecule has 2 N–H and O–H groups in total. The maximum atomic E-state index is 14.7. The Balaban J connectivity index is 1.44. The Hall–Kier alpha value is -3.68. The van der Waals surface area contributed by atoms with Gasteiger partial charge >= 0.3 is 0 Å². The monoisotopic (exact) mass is 617 g/mol. The number of carbonyl (C=O) groups is 2. The van der Waals surface area contributed by atoms with Crippen LogP contribution in [0.2, 0.25) is 0 Å². The van der Waals surface area contributed by atoms with Crippen LogP contribution < -0.4 is 19.5 Å². The zero-order valence-electron chi connectivity index (χ0n) is 22.3. The van der Waals surface area contributed by atoms with Crippen LogP contribution in [0.5, 0.6) is 11.5 Å². The number of benzene rings is 2. The summed E-state index contributed by atoms with van der Waals surface area (Å²) in [7, 11) is -4.01. The van der Waals surface area contributed by atoms with Crippen LogP contribution in [0.1, 0.15) is 37.8 Å². The number of nitrogens with zero attached hydrogens (tertiary/aromatic N) is 1. The van der Waals surface area contributed by atoms with E-state index in [-0.39, 0.29) is 26.5 Å². The smallest absolute Gasteiger partial charge is 0.273 e. The molecule has 9 nitrogen and oxygen atoms in total. The summed E-state index contributed by atoms with van der Waals surface area (Å²) in [6.07, 6.45) is 2.93. The second kappa shape index (κ2) is 13.8. The van der Waals surface area contributed by atoms with Crippen LogP contribution in [0.25, 0.3) is 6.08 Å². The Morgan fingerprint density at radius 3 is 2.51 bits per heavy atom. The van der Waals surface area contributed by atoms with E-state index in [4.69, 9.17) is 9.47 Å². The summed E-state index contributed by atoms with van der Waals surface area (Å²) in [5.41, 5.74) is 0.965. The van der Waals surface area contributed by atoms with Crippen LogP contribution in [-0.2, 0) is 26.0 Å². The summed E-state index contributed by atoms with van der Waals surface area (Å²) in [4.78, 5) is 29.5. The van der Waals surface area contributed by atoms with Crippen LogP contribution in [0.15, 0.2) is 68.0 Å². The van der Waals surface area contributed by atoms with Gasteiger partial charge in [-0.15, -0.1) is 11.3 Å². The first-order chi connectivity index (χ1) is 19.7. The molecule has 0 bridgehead atoms. The van der Waals surface area contributed by atoms with Crippen molar-refractivity contribution in [2.75, 3.05) is 13.2 Å². The molecule has 0 atom stereocenters. The molecule has 1 fully saturated rings. The molecule has 1 aliphatic heterocycles. The van der Waals surface area contributed by atoms with Gasteiger partial charge in [0.2, 0.25) is 5.91 Å². The van der Waals surface area contributed by atoms with Crippen LogP contribution in [0, 0.1) is 5.82 Å². The van der Waals surface area contributed by atoms with Crippen LogP contribution in [0.4, 0.5) is 10.1 Å². The fourth-order valence-electron chi connectivity index (χ4n) is 3.59. The summed E-state index contributed by atoms with van der Waals surface area (Å²) in [6.45, 7) is 5.12. The molecule has 2 aromatic carbocycles. The van der Waals surface area contributed by atoms with E-state index in [0.29, 0.717) is 29.6 Å². The summed E-state index contributed by atoms with van der Waals surface area (Å²) in [5, 5.41) is 4.50. The number of hydrogen-bond donors (Lipinski definition) is 2. The van der Waals surface area contributed by atoms with Gasteiger partial charge in [0.05, 0.1) is 30.2 Å². The molecule has 1 aromatic heterocycles. The van der Waals surface area contributed by atoms with Gasteiger partial charge in [-0.25, -0.2) is 22.5 Å². The molecule has 4 rings (SSSR count). The minimum atomic E-state index is -4.01. The van der Waals surface area contributed by atoms with E-state index in [2.05, 4.69) is 10.3 Å². The Morgan fingerprint density at radius 2 is 1.83 bits per heavy atom. The van der Waals surface area contributed by atoms with Gasteiger partial charge in [-0.1, -0.05) is 32.0 Å². The summed E-state index contributed by atoms with van der Waals surface area (Å²) >= 11 is 2.07. The standard InChI is InChI=1S/C28H28FN3O6S3/c1-3-11-37-22-10-7-18(14-23(22)38-12-4-2)15-24-27(34)31-28(40-24)30-20-9-8-19(21(29)17-20)16-25(33)32-41(35,36)26-6-5-13-39-26/h5-10,13-15,17H,3-4,11-12,16H2,1-2H3,(H,32,33)(H,30,31,34). The van der Waals surface area contributed by atoms with Crippen molar-refractivity contribution in [3.05, 3.63) is 75.8 Å². The predicted octanol–water partition coefficient (Wildman–Crippen LogP) is 5.40. The van der Waals surface area contributed by atoms with E-state index in [9.17, 15) is 22.4 Å². The summed E-state index contributed by atoms with van der Waals surface area (Å²) in [5.74, 6) is -0.707. The Morgan fingerprint density at radius 1 is 1.07 bits per heavy atom. The van der Waals surface area contributed by atoms with Gasteiger partial charge in [-0.3, -0.25) is 9.59 Å². The number of nitrogens with one attached hydrogen (secondary N) is 2. The highest BCUT2D eigenvalue weighted by Gasteiger charge is 2.24. The number of thioether (sulfide) groups is 1. The molecule has 0 saturated carbocycles. The number of carbonyl (C=O) groups excluding carboxylic acids is 2. The van der Waals surface area contributed by atoms with E-state index in [1.54, 1.807) is 17.5 Å². The topological polar surface area (TPSA) is 123 Å². The predicted molar refractivity (Wildman–Crippen MR) is 159 cm³/mol. The van der Waals surface area contributed by atoms with Crippen LogP contribution >= 0.6 is 23.1 Å². The molecule has 2 amide bonds. The minimum absolute atomic E-state index is 0.00369. The van der Waals surface area contributed by atoms with Gasteiger partial charge < -0.3 is 14.8 Å². The third-order valence-electron chi connectivity index (χ3n) is 5.47. The molecule has 2 heterocycles. The van der Waals surface area contributed by atoms with Crippen molar-refractivity contribution in [3.8, 4) is 11.5 Å². The van der Waals surface area contributed by atoms with E-state index in [1.165, 1.54) is 18.2 Å². The van der Waals surface area contributed by atoms with Gasteiger partial charge in [0, 0.05) is 0 Å². The molecule has 0 unspecified atom stereocenters.